The monoisotopic (exact) mass is 336 g/mol. The summed E-state index contributed by atoms with van der Waals surface area (Å²) in [5, 5.41) is 18.3. The number of hydrogen-bond acceptors (Lipinski definition) is 5. The van der Waals surface area contributed by atoms with Gasteiger partial charge in [-0.1, -0.05) is 12.1 Å². The van der Waals surface area contributed by atoms with Crippen LogP contribution in [-0.2, 0) is 4.74 Å². The van der Waals surface area contributed by atoms with E-state index < -0.39 is 0 Å². The Kier molecular flexibility index (Phi) is 6.86. The Morgan fingerprint density at radius 2 is 2.17 bits per heavy atom. The van der Waals surface area contributed by atoms with E-state index in [9.17, 15) is 4.79 Å². The zero-order valence-electron chi connectivity index (χ0n) is 12.8. The molecule has 2 rings (SSSR count). The molecule has 0 saturated heterocycles. The van der Waals surface area contributed by atoms with Gasteiger partial charge in [0.1, 0.15) is 11.9 Å². The maximum atomic E-state index is 12.0. The third-order valence-corrected chi connectivity index (χ3v) is 3.83. The Bertz CT molecular complexity index is 604. The van der Waals surface area contributed by atoms with Crippen LogP contribution in [0.15, 0.2) is 41.1 Å². The molecular formula is C16H20N2O4S. The second-order valence-corrected chi connectivity index (χ2v) is 5.46. The second kappa shape index (κ2) is 9.14. The average Bonchev–Trinajstić information content (AvgIpc) is 3.10. The number of ether oxygens (including phenoxy) is 2. The quantitative estimate of drug-likeness (QED) is 0.692. The summed E-state index contributed by atoms with van der Waals surface area (Å²) in [4.78, 5) is 12.0. The van der Waals surface area contributed by atoms with E-state index in [1.807, 2.05) is 29.0 Å². The molecule has 1 aromatic carbocycles. The van der Waals surface area contributed by atoms with Gasteiger partial charge in [0.05, 0.1) is 26.0 Å². The fourth-order valence-electron chi connectivity index (χ4n) is 2.03. The zero-order valence-corrected chi connectivity index (χ0v) is 13.6. The minimum atomic E-state index is -0.345. The van der Waals surface area contributed by atoms with Crippen molar-refractivity contribution in [3.05, 3.63) is 46.7 Å². The van der Waals surface area contributed by atoms with Crippen LogP contribution in [0.1, 0.15) is 11.7 Å². The number of aliphatic hydroxyl groups is 1. The average molecular weight is 336 g/mol. The highest BCUT2D eigenvalue weighted by atomic mass is 32.1. The van der Waals surface area contributed by atoms with Crippen LogP contribution >= 0.6 is 11.3 Å². The summed E-state index contributed by atoms with van der Waals surface area (Å²) >= 11 is 1.56. The second-order valence-electron chi connectivity index (χ2n) is 4.68. The van der Waals surface area contributed by atoms with Crippen LogP contribution in [0.4, 0.5) is 10.5 Å². The Balaban J connectivity index is 1.91. The molecule has 2 amide bonds. The maximum absolute atomic E-state index is 12.0. The van der Waals surface area contributed by atoms with Crippen LogP contribution in [0.3, 0.4) is 0 Å². The van der Waals surface area contributed by atoms with Gasteiger partial charge in [0.2, 0.25) is 0 Å². The highest BCUT2D eigenvalue weighted by Gasteiger charge is 2.14. The number of anilines is 1. The summed E-state index contributed by atoms with van der Waals surface area (Å²) in [5.74, 6) is 0.591. The van der Waals surface area contributed by atoms with Gasteiger partial charge in [-0.05, 0) is 34.5 Å². The van der Waals surface area contributed by atoms with Crippen LogP contribution in [0.25, 0.3) is 0 Å². The number of hydrogen-bond donors (Lipinski definition) is 3. The first-order valence-electron chi connectivity index (χ1n) is 7.17. The van der Waals surface area contributed by atoms with E-state index in [1.54, 1.807) is 30.6 Å². The Hall–Kier alpha value is -2.09. The minimum Gasteiger partial charge on any atom is -0.495 e. The van der Waals surface area contributed by atoms with Crippen LogP contribution in [0, 0.1) is 0 Å². The Morgan fingerprint density at radius 1 is 1.35 bits per heavy atom. The van der Waals surface area contributed by atoms with Crippen molar-refractivity contribution in [2.24, 2.45) is 0 Å². The molecule has 0 aliphatic rings. The highest BCUT2D eigenvalue weighted by Crippen LogP contribution is 2.23. The first kappa shape index (κ1) is 17.3. The number of nitrogens with one attached hydrogen (secondary N) is 2. The topological polar surface area (TPSA) is 79.8 Å². The van der Waals surface area contributed by atoms with Crippen LogP contribution in [-0.4, -0.2) is 38.0 Å². The van der Waals surface area contributed by atoms with E-state index in [1.165, 1.54) is 0 Å². The lowest BCUT2D eigenvalue weighted by Crippen LogP contribution is -2.33. The standard InChI is InChI=1S/C16H20N2O4S/c1-21-14-5-3-2-4-13(14)18-16(20)17-10-15(22-8-7-19)12-6-9-23-11-12/h2-6,9,11,15,19H,7-8,10H2,1H3,(H2,17,18,20)/t15-/m1/s1. The number of methoxy groups -OCH3 is 1. The number of benzene rings is 1. The van der Waals surface area contributed by atoms with Gasteiger partial charge in [0, 0.05) is 6.54 Å². The predicted molar refractivity (Wildman–Crippen MR) is 90.1 cm³/mol. The zero-order chi connectivity index (χ0) is 16.5. The summed E-state index contributed by atoms with van der Waals surface area (Å²) < 4.78 is 10.8. The van der Waals surface area contributed by atoms with Crippen molar-refractivity contribution in [3.8, 4) is 5.75 Å². The molecule has 0 saturated carbocycles. The van der Waals surface area contributed by atoms with E-state index in [0.717, 1.165) is 5.56 Å². The molecule has 0 radical (unpaired) electrons. The summed E-state index contributed by atoms with van der Waals surface area (Å²) in [6.45, 7) is 0.460. The number of carbonyl (C=O) groups is 1. The largest absolute Gasteiger partial charge is 0.495 e. The SMILES string of the molecule is COc1ccccc1NC(=O)NC[C@@H](OCCO)c1ccsc1. The molecule has 0 bridgehead atoms. The lowest BCUT2D eigenvalue weighted by atomic mass is 10.2. The van der Waals surface area contributed by atoms with Gasteiger partial charge in [0.15, 0.2) is 0 Å². The van der Waals surface area contributed by atoms with Gasteiger partial charge in [-0.2, -0.15) is 11.3 Å². The summed E-state index contributed by atoms with van der Waals surface area (Å²) in [6.07, 6.45) is -0.295. The molecule has 0 aliphatic heterocycles. The first-order chi connectivity index (χ1) is 11.2. The van der Waals surface area contributed by atoms with E-state index >= 15 is 0 Å². The third-order valence-electron chi connectivity index (χ3n) is 3.13. The Labute approximate surface area is 139 Å². The number of aliphatic hydroxyl groups excluding tert-OH is 1. The molecule has 3 N–H and O–H groups in total. The number of urea groups is 1. The van der Waals surface area contributed by atoms with E-state index in [-0.39, 0.29) is 25.3 Å². The van der Waals surface area contributed by atoms with Gasteiger partial charge in [-0.15, -0.1) is 0 Å². The molecule has 0 spiro atoms. The highest BCUT2D eigenvalue weighted by molar-refractivity contribution is 7.07. The van der Waals surface area contributed by atoms with Gasteiger partial charge < -0.3 is 25.2 Å². The third kappa shape index (κ3) is 5.24. The summed E-state index contributed by atoms with van der Waals surface area (Å²) in [7, 11) is 1.55. The van der Waals surface area contributed by atoms with Gasteiger partial charge in [0.25, 0.3) is 0 Å². The molecular weight excluding hydrogens is 316 g/mol. The predicted octanol–water partition coefficient (Wildman–Crippen LogP) is 2.63. The molecule has 0 fully saturated rings. The molecule has 7 heteroatoms. The van der Waals surface area contributed by atoms with Gasteiger partial charge in [-0.3, -0.25) is 0 Å². The van der Waals surface area contributed by atoms with Crippen LogP contribution in [0.5, 0.6) is 5.75 Å². The molecule has 124 valence electrons. The minimum absolute atomic E-state index is 0.0615. The lowest BCUT2D eigenvalue weighted by Gasteiger charge is -2.18. The van der Waals surface area contributed by atoms with Crippen LogP contribution < -0.4 is 15.4 Å². The molecule has 23 heavy (non-hydrogen) atoms. The van der Waals surface area contributed by atoms with Crippen molar-refractivity contribution in [2.45, 2.75) is 6.10 Å². The van der Waals surface area contributed by atoms with Crippen molar-refractivity contribution in [1.29, 1.82) is 0 Å². The Morgan fingerprint density at radius 3 is 2.87 bits per heavy atom. The van der Waals surface area contributed by atoms with Gasteiger partial charge in [-0.25, -0.2) is 4.79 Å². The summed E-state index contributed by atoms with van der Waals surface area (Å²) in [5.41, 5.74) is 1.57. The molecule has 2 aromatic rings. The molecule has 0 unspecified atom stereocenters. The number of carbonyl (C=O) groups excluding carboxylic acids is 1. The maximum Gasteiger partial charge on any atom is 0.319 e. The number of para-hydroxylation sites is 2. The summed E-state index contributed by atoms with van der Waals surface area (Å²) in [6, 6.07) is 8.77. The lowest BCUT2D eigenvalue weighted by molar-refractivity contribution is 0.0299. The molecule has 1 heterocycles. The fourth-order valence-corrected chi connectivity index (χ4v) is 2.73. The van der Waals surface area contributed by atoms with Crippen molar-refractivity contribution in [3.63, 3.8) is 0 Å². The molecule has 1 atom stereocenters. The van der Waals surface area contributed by atoms with Crippen molar-refractivity contribution < 1.29 is 19.4 Å². The van der Waals surface area contributed by atoms with E-state index in [4.69, 9.17) is 14.6 Å². The normalized spacial score (nSPS) is 11.7. The van der Waals surface area contributed by atoms with Crippen molar-refractivity contribution >= 4 is 23.1 Å². The van der Waals surface area contributed by atoms with Crippen molar-refractivity contribution in [2.75, 3.05) is 32.2 Å². The van der Waals surface area contributed by atoms with Crippen molar-refractivity contribution in [1.82, 2.24) is 5.32 Å². The van der Waals surface area contributed by atoms with E-state index in [0.29, 0.717) is 18.0 Å². The smallest absolute Gasteiger partial charge is 0.319 e. The number of thiophene rings is 1. The molecule has 0 aliphatic carbocycles. The fraction of sp³-hybridized carbons (Fsp3) is 0.312. The number of amides is 2. The van der Waals surface area contributed by atoms with Crippen LogP contribution in [0.2, 0.25) is 0 Å². The van der Waals surface area contributed by atoms with Gasteiger partial charge >= 0.3 is 6.03 Å². The first-order valence-corrected chi connectivity index (χ1v) is 8.11. The molecule has 6 nitrogen and oxygen atoms in total. The molecule has 1 aromatic heterocycles. The number of rotatable bonds is 8. The van der Waals surface area contributed by atoms with E-state index in [2.05, 4.69) is 10.6 Å².